The summed E-state index contributed by atoms with van der Waals surface area (Å²) in [5, 5.41) is 13.0. The molecule has 3 rings (SSSR count). The molecule has 0 bridgehead atoms. The van der Waals surface area contributed by atoms with Gasteiger partial charge in [0.15, 0.2) is 0 Å². The number of sulfonamides is 1. The minimum Gasteiger partial charge on any atom is -0.296 e. The van der Waals surface area contributed by atoms with E-state index in [1.54, 1.807) is 22.7 Å². The molecule has 1 atom stereocenters. The zero-order valence-corrected chi connectivity index (χ0v) is 15.2. The first-order chi connectivity index (χ1) is 12.3. The molecule has 10 heteroatoms. The van der Waals surface area contributed by atoms with Gasteiger partial charge < -0.3 is 0 Å². The lowest BCUT2D eigenvalue weighted by Crippen LogP contribution is -2.52. The largest absolute Gasteiger partial charge is 0.296 e. The number of nitrogens with one attached hydrogen (secondary N) is 1. The minimum absolute atomic E-state index is 0.0854. The Kier molecular flexibility index (Phi) is 4.76. The molecular formula is C16H18N6O3S. The number of carbonyl (C=O) groups is 1. The summed E-state index contributed by atoms with van der Waals surface area (Å²) in [7, 11) is -2.18. The Bertz CT molecular complexity index is 974. The summed E-state index contributed by atoms with van der Waals surface area (Å²) in [5.41, 5.74) is 0.900. The van der Waals surface area contributed by atoms with Crippen LogP contribution < -0.4 is 9.62 Å². The normalized spacial score (nSPS) is 18.0. The van der Waals surface area contributed by atoms with Gasteiger partial charge >= 0.3 is 0 Å². The van der Waals surface area contributed by atoms with Crippen LogP contribution in [-0.4, -0.2) is 41.7 Å². The molecule has 1 amide bonds. The SMILES string of the molecule is Cc1cc(N2CCC[C@@H](NS(=O)(=O)c3ccc(C#N)nc3)C2=O)n(C)n1. The Hall–Kier alpha value is -2.77. The van der Waals surface area contributed by atoms with Crippen molar-refractivity contribution in [3.05, 3.63) is 35.8 Å². The maximum atomic E-state index is 12.8. The predicted molar refractivity (Wildman–Crippen MR) is 92.6 cm³/mol. The highest BCUT2D eigenvalue weighted by atomic mass is 32.2. The van der Waals surface area contributed by atoms with Crippen LogP contribution in [0.2, 0.25) is 0 Å². The Morgan fingerprint density at radius 2 is 2.15 bits per heavy atom. The second-order valence-corrected chi connectivity index (χ2v) is 7.78. The lowest BCUT2D eigenvalue weighted by atomic mass is 10.1. The molecule has 1 N–H and O–H groups in total. The van der Waals surface area contributed by atoms with Gasteiger partial charge in [0, 0.05) is 25.9 Å². The summed E-state index contributed by atoms with van der Waals surface area (Å²) in [5.74, 6) is 0.320. The van der Waals surface area contributed by atoms with Crippen molar-refractivity contribution in [3.63, 3.8) is 0 Å². The molecule has 0 unspecified atom stereocenters. The van der Waals surface area contributed by atoms with Gasteiger partial charge in [-0.15, -0.1) is 0 Å². The van der Waals surface area contributed by atoms with E-state index in [1.807, 2.05) is 13.0 Å². The van der Waals surface area contributed by atoms with Crippen molar-refractivity contribution in [1.82, 2.24) is 19.5 Å². The Labute approximate surface area is 151 Å². The van der Waals surface area contributed by atoms with Crippen molar-refractivity contribution < 1.29 is 13.2 Å². The van der Waals surface area contributed by atoms with Gasteiger partial charge in [0.2, 0.25) is 15.9 Å². The van der Waals surface area contributed by atoms with Gasteiger partial charge in [0.1, 0.15) is 28.5 Å². The van der Waals surface area contributed by atoms with Crippen molar-refractivity contribution in [2.24, 2.45) is 7.05 Å². The summed E-state index contributed by atoms with van der Waals surface area (Å²) < 4.78 is 29.1. The van der Waals surface area contributed by atoms with Gasteiger partial charge in [0.25, 0.3) is 0 Å². The van der Waals surface area contributed by atoms with Crippen LogP contribution in [0.25, 0.3) is 0 Å². The van der Waals surface area contributed by atoms with Crippen molar-refractivity contribution in [2.75, 3.05) is 11.4 Å². The average Bonchev–Trinajstić information content (AvgIpc) is 2.95. The van der Waals surface area contributed by atoms with Crippen LogP contribution in [-0.2, 0) is 21.9 Å². The van der Waals surface area contributed by atoms with Gasteiger partial charge in [-0.25, -0.2) is 13.4 Å². The van der Waals surface area contributed by atoms with Crippen molar-refractivity contribution in [1.29, 1.82) is 5.26 Å². The number of anilines is 1. The number of rotatable bonds is 4. The highest BCUT2D eigenvalue weighted by Crippen LogP contribution is 2.22. The maximum absolute atomic E-state index is 12.8. The molecule has 1 aliphatic heterocycles. The maximum Gasteiger partial charge on any atom is 0.246 e. The van der Waals surface area contributed by atoms with Gasteiger partial charge in [-0.1, -0.05) is 0 Å². The molecule has 0 radical (unpaired) electrons. The van der Waals surface area contributed by atoms with E-state index in [0.29, 0.717) is 25.2 Å². The molecule has 3 heterocycles. The summed E-state index contributed by atoms with van der Waals surface area (Å²) in [6.07, 6.45) is 2.18. The van der Waals surface area contributed by atoms with Crippen LogP contribution >= 0.6 is 0 Å². The van der Waals surface area contributed by atoms with E-state index < -0.39 is 16.1 Å². The lowest BCUT2D eigenvalue weighted by Gasteiger charge is -2.32. The number of hydrogen-bond acceptors (Lipinski definition) is 6. The Morgan fingerprint density at radius 3 is 2.73 bits per heavy atom. The number of carbonyl (C=O) groups excluding carboxylic acids is 1. The van der Waals surface area contributed by atoms with Gasteiger partial charge in [-0.05, 0) is 31.9 Å². The van der Waals surface area contributed by atoms with Crippen LogP contribution in [0.5, 0.6) is 0 Å². The summed E-state index contributed by atoms with van der Waals surface area (Å²) in [6.45, 7) is 2.34. The Balaban J connectivity index is 1.81. The molecule has 136 valence electrons. The first kappa shape index (κ1) is 18.0. The van der Waals surface area contributed by atoms with Crippen LogP contribution in [0.15, 0.2) is 29.3 Å². The molecule has 2 aromatic heterocycles. The summed E-state index contributed by atoms with van der Waals surface area (Å²) in [4.78, 5) is 18.0. The number of amides is 1. The highest BCUT2D eigenvalue weighted by Gasteiger charge is 2.34. The number of hydrogen-bond donors (Lipinski definition) is 1. The van der Waals surface area contributed by atoms with E-state index in [-0.39, 0.29) is 16.5 Å². The molecule has 1 saturated heterocycles. The third-order valence-corrected chi connectivity index (χ3v) is 5.61. The average molecular weight is 374 g/mol. The first-order valence-corrected chi connectivity index (χ1v) is 9.50. The molecule has 26 heavy (non-hydrogen) atoms. The molecule has 1 aliphatic rings. The van der Waals surface area contributed by atoms with E-state index in [4.69, 9.17) is 5.26 Å². The monoisotopic (exact) mass is 374 g/mol. The molecule has 0 saturated carbocycles. The second kappa shape index (κ2) is 6.86. The number of nitriles is 1. The predicted octanol–water partition coefficient (Wildman–Crippen LogP) is 0.469. The smallest absolute Gasteiger partial charge is 0.246 e. The number of piperidine rings is 1. The first-order valence-electron chi connectivity index (χ1n) is 8.02. The molecule has 1 fully saturated rings. The summed E-state index contributed by atoms with van der Waals surface area (Å²) >= 11 is 0. The number of aryl methyl sites for hydroxylation is 2. The molecule has 9 nitrogen and oxygen atoms in total. The lowest BCUT2D eigenvalue weighted by molar-refractivity contribution is -0.121. The standard InChI is InChI=1S/C16H18N6O3S/c1-11-8-15(21(2)19-11)22-7-3-4-14(16(22)23)20-26(24,25)13-6-5-12(9-17)18-10-13/h5-6,8,10,14,20H,3-4,7H2,1-2H3/t14-/m1/s1. The molecule has 0 aromatic carbocycles. The molecule has 2 aromatic rings. The molecular weight excluding hydrogens is 356 g/mol. The molecule has 0 aliphatic carbocycles. The van der Waals surface area contributed by atoms with Crippen LogP contribution in [0.1, 0.15) is 24.2 Å². The van der Waals surface area contributed by atoms with E-state index in [0.717, 1.165) is 11.9 Å². The van der Waals surface area contributed by atoms with E-state index >= 15 is 0 Å². The fourth-order valence-corrected chi connectivity index (χ4v) is 4.09. The third-order valence-electron chi connectivity index (χ3n) is 4.15. The topological polar surface area (TPSA) is 121 Å². The second-order valence-electron chi connectivity index (χ2n) is 6.06. The quantitative estimate of drug-likeness (QED) is 0.830. The van der Waals surface area contributed by atoms with Gasteiger partial charge in [-0.3, -0.25) is 14.4 Å². The third kappa shape index (κ3) is 3.44. The van der Waals surface area contributed by atoms with Crippen molar-refractivity contribution in [2.45, 2.75) is 30.7 Å². The Morgan fingerprint density at radius 1 is 1.38 bits per heavy atom. The van der Waals surface area contributed by atoms with Crippen molar-refractivity contribution in [3.8, 4) is 6.07 Å². The van der Waals surface area contributed by atoms with Crippen LogP contribution in [0, 0.1) is 18.3 Å². The van der Waals surface area contributed by atoms with Crippen molar-refractivity contribution >= 4 is 21.7 Å². The number of aromatic nitrogens is 3. The minimum atomic E-state index is -3.92. The zero-order chi connectivity index (χ0) is 18.9. The van der Waals surface area contributed by atoms with Crippen LogP contribution in [0.3, 0.4) is 0 Å². The highest BCUT2D eigenvalue weighted by molar-refractivity contribution is 7.89. The van der Waals surface area contributed by atoms with Gasteiger partial charge in [0.05, 0.1) is 5.69 Å². The van der Waals surface area contributed by atoms with E-state index in [1.165, 1.54) is 12.1 Å². The van der Waals surface area contributed by atoms with Gasteiger partial charge in [-0.2, -0.15) is 15.1 Å². The number of nitrogens with zero attached hydrogens (tertiary/aromatic N) is 5. The fraction of sp³-hybridized carbons (Fsp3) is 0.375. The van der Waals surface area contributed by atoms with Crippen LogP contribution in [0.4, 0.5) is 5.82 Å². The van der Waals surface area contributed by atoms with E-state index in [9.17, 15) is 13.2 Å². The fourth-order valence-electron chi connectivity index (χ4n) is 2.92. The summed E-state index contributed by atoms with van der Waals surface area (Å²) in [6, 6.07) is 5.38. The number of pyridine rings is 1. The van der Waals surface area contributed by atoms with E-state index in [2.05, 4.69) is 14.8 Å². The molecule has 0 spiro atoms. The zero-order valence-electron chi connectivity index (χ0n) is 14.4.